The van der Waals surface area contributed by atoms with Gasteiger partial charge in [-0.1, -0.05) is 30.3 Å². The zero-order valence-corrected chi connectivity index (χ0v) is 13.2. The van der Waals surface area contributed by atoms with Crippen LogP contribution in [0.5, 0.6) is 0 Å². The van der Waals surface area contributed by atoms with E-state index in [-0.39, 0.29) is 11.7 Å². The molecule has 1 N–H and O–H groups in total. The molecule has 3 nitrogen and oxygen atoms in total. The van der Waals surface area contributed by atoms with Crippen molar-refractivity contribution in [3.8, 4) is 11.1 Å². The zero-order chi connectivity index (χ0) is 16.9. The van der Waals surface area contributed by atoms with E-state index in [1.54, 1.807) is 49.6 Å². The molecule has 0 saturated carbocycles. The van der Waals surface area contributed by atoms with Gasteiger partial charge in [0.05, 0.1) is 6.04 Å². The number of carbonyl (C=O) groups is 1. The summed E-state index contributed by atoms with van der Waals surface area (Å²) < 4.78 is 13.8. The summed E-state index contributed by atoms with van der Waals surface area (Å²) in [5.41, 5.74) is 3.06. The van der Waals surface area contributed by atoms with Crippen LogP contribution in [0.25, 0.3) is 11.1 Å². The van der Waals surface area contributed by atoms with Gasteiger partial charge in [0.1, 0.15) is 5.82 Å². The van der Waals surface area contributed by atoms with Crippen LogP contribution in [0.2, 0.25) is 0 Å². The van der Waals surface area contributed by atoms with Crippen LogP contribution >= 0.6 is 0 Å². The van der Waals surface area contributed by atoms with Crippen LogP contribution in [0.15, 0.2) is 73.1 Å². The number of nitrogens with one attached hydrogen (secondary N) is 1. The molecule has 0 radical (unpaired) electrons. The van der Waals surface area contributed by atoms with Crippen LogP contribution in [-0.4, -0.2) is 10.9 Å². The summed E-state index contributed by atoms with van der Waals surface area (Å²) in [4.78, 5) is 16.3. The lowest BCUT2D eigenvalue weighted by Gasteiger charge is -2.15. The number of rotatable bonds is 4. The molecule has 1 amide bonds. The molecule has 2 aromatic carbocycles. The van der Waals surface area contributed by atoms with Gasteiger partial charge >= 0.3 is 0 Å². The number of amides is 1. The summed E-state index contributed by atoms with van der Waals surface area (Å²) in [6.07, 6.45) is 3.46. The average molecular weight is 320 g/mol. The first-order valence-electron chi connectivity index (χ1n) is 7.71. The van der Waals surface area contributed by atoms with E-state index in [0.717, 1.165) is 11.1 Å². The fraction of sp³-hybridized carbons (Fsp3) is 0.100. The minimum atomic E-state index is -0.404. The summed E-state index contributed by atoms with van der Waals surface area (Å²) in [7, 11) is 0. The van der Waals surface area contributed by atoms with Crippen molar-refractivity contribution in [3.63, 3.8) is 0 Å². The molecule has 24 heavy (non-hydrogen) atoms. The van der Waals surface area contributed by atoms with E-state index in [2.05, 4.69) is 10.3 Å². The predicted molar refractivity (Wildman–Crippen MR) is 92.0 cm³/mol. The van der Waals surface area contributed by atoms with Crippen LogP contribution in [0, 0.1) is 5.82 Å². The van der Waals surface area contributed by atoms with E-state index in [4.69, 9.17) is 0 Å². The van der Waals surface area contributed by atoms with Gasteiger partial charge in [0.15, 0.2) is 0 Å². The number of nitrogens with zero attached hydrogens (tertiary/aromatic N) is 1. The second-order valence-corrected chi connectivity index (χ2v) is 5.53. The molecule has 0 aliphatic rings. The molecular weight excluding hydrogens is 303 g/mol. The van der Waals surface area contributed by atoms with Crippen LogP contribution in [0.3, 0.4) is 0 Å². The van der Waals surface area contributed by atoms with Crippen molar-refractivity contribution in [2.75, 3.05) is 0 Å². The summed E-state index contributed by atoms with van der Waals surface area (Å²) in [6, 6.07) is 17.2. The second kappa shape index (κ2) is 7.04. The van der Waals surface area contributed by atoms with Crippen molar-refractivity contribution >= 4 is 5.91 Å². The maximum atomic E-state index is 13.8. The fourth-order valence-corrected chi connectivity index (χ4v) is 2.54. The van der Waals surface area contributed by atoms with Crippen LogP contribution in [0.4, 0.5) is 4.39 Å². The number of aromatic nitrogens is 1. The van der Waals surface area contributed by atoms with Gasteiger partial charge in [-0.3, -0.25) is 9.78 Å². The number of carbonyl (C=O) groups excluding carboxylic acids is 1. The average Bonchev–Trinajstić information content (AvgIpc) is 2.63. The van der Waals surface area contributed by atoms with Crippen LogP contribution < -0.4 is 5.32 Å². The Morgan fingerprint density at radius 3 is 2.25 bits per heavy atom. The minimum absolute atomic E-state index is 0.230. The molecular formula is C20H17FN2O. The first-order chi connectivity index (χ1) is 11.6. The summed E-state index contributed by atoms with van der Waals surface area (Å²) in [5.74, 6) is -0.551. The maximum Gasteiger partial charge on any atom is 0.251 e. The summed E-state index contributed by atoms with van der Waals surface area (Å²) in [6.45, 7) is 1.77. The Bertz CT molecular complexity index is 832. The Morgan fingerprint density at radius 2 is 1.58 bits per heavy atom. The Kier molecular flexibility index (Phi) is 4.66. The molecule has 3 rings (SSSR count). The molecule has 0 spiro atoms. The van der Waals surface area contributed by atoms with E-state index >= 15 is 0 Å². The van der Waals surface area contributed by atoms with Gasteiger partial charge in [-0.25, -0.2) is 4.39 Å². The third-order valence-electron chi connectivity index (χ3n) is 3.88. The van der Waals surface area contributed by atoms with Crippen molar-refractivity contribution in [3.05, 3.63) is 90.0 Å². The highest BCUT2D eigenvalue weighted by atomic mass is 19.1. The van der Waals surface area contributed by atoms with Gasteiger partial charge < -0.3 is 5.32 Å². The van der Waals surface area contributed by atoms with Gasteiger partial charge in [-0.15, -0.1) is 0 Å². The van der Waals surface area contributed by atoms with E-state index in [9.17, 15) is 9.18 Å². The van der Waals surface area contributed by atoms with Crippen molar-refractivity contribution in [2.24, 2.45) is 0 Å². The van der Waals surface area contributed by atoms with E-state index in [0.29, 0.717) is 11.1 Å². The predicted octanol–water partition coefficient (Wildman–Crippen LogP) is 4.38. The molecule has 120 valence electrons. The van der Waals surface area contributed by atoms with Crippen molar-refractivity contribution < 1.29 is 9.18 Å². The minimum Gasteiger partial charge on any atom is -0.345 e. The van der Waals surface area contributed by atoms with Crippen molar-refractivity contribution in [1.29, 1.82) is 0 Å². The molecule has 0 aliphatic heterocycles. The Labute approximate surface area is 140 Å². The number of hydrogen-bond acceptors (Lipinski definition) is 2. The molecule has 1 aromatic heterocycles. The topological polar surface area (TPSA) is 42.0 Å². The highest BCUT2D eigenvalue weighted by Gasteiger charge is 2.14. The van der Waals surface area contributed by atoms with Gasteiger partial charge in [0, 0.05) is 23.5 Å². The largest absolute Gasteiger partial charge is 0.345 e. The summed E-state index contributed by atoms with van der Waals surface area (Å²) in [5, 5.41) is 2.82. The second-order valence-electron chi connectivity index (χ2n) is 5.53. The number of pyridine rings is 1. The molecule has 0 aliphatic carbocycles. The monoisotopic (exact) mass is 320 g/mol. The van der Waals surface area contributed by atoms with E-state index in [1.165, 1.54) is 6.07 Å². The maximum absolute atomic E-state index is 13.8. The van der Waals surface area contributed by atoms with Crippen molar-refractivity contribution in [1.82, 2.24) is 10.3 Å². The number of halogens is 1. The Balaban J connectivity index is 1.73. The van der Waals surface area contributed by atoms with Gasteiger partial charge in [-0.2, -0.15) is 0 Å². The molecule has 0 saturated heterocycles. The highest BCUT2D eigenvalue weighted by molar-refractivity contribution is 5.94. The highest BCUT2D eigenvalue weighted by Crippen LogP contribution is 2.20. The lowest BCUT2D eigenvalue weighted by molar-refractivity contribution is 0.0939. The third kappa shape index (κ3) is 3.49. The van der Waals surface area contributed by atoms with Crippen LogP contribution in [0.1, 0.15) is 28.9 Å². The normalized spacial score (nSPS) is 11.8. The molecule has 0 bridgehead atoms. The molecule has 1 atom stereocenters. The molecule has 3 aromatic rings. The molecule has 0 fully saturated rings. The Hall–Kier alpha value is -3.01. The quantitative estimate of drug-likeness (QED) is 0.775. The Morgan fingerprint density at radius 1 is 0.958 bits per heavy atom. The fourth-order valence-electron chi connectivity index (χ4n) is 2.54. The first-order valence-corrected chi connectivity index (χ1v) is 7.71. The number of hydrogen-bond donors (Lipinski definition) is 1. The third-order valence-corrected chi connectivity index (χ3v) is 3.88. The summed E-state index contributed by atoms with van der Waals surface area (Å²) >= 11 is 0. The zero-order valence-electron chi connectivity index (χ0n) is 13.2. The first kappa shape index (κ1) is 15.9. The van der Waals surface area contributed by atoms with E-state index < -0.39 is 6.04 Å². The molecule has 4 heteroatoms. The van der Waals surface area contributed by atoms with E-state index in [1.807, 2.05) is 24.3 Å². The van der Waals surface area contributed by atoms with Crippen LogP contribution in [-0.2, 0) is 0 Å². The smallest absolute Gasteiger partial charge is 0.251 e. The van der Waals surface area contributed by atoms with Crippen molar-refractivity contribution in [2.45, 2.75) is 13.0 Å². The van der Waals surface area contributed by atoms with Gasteiger partial charge in [0.25, 0.3) is 5.91 Å². The SMILES string of the molecule is CC(NC(=O)c1ccc(-c2ccncc2)cc1)c1ccccc1F. The van der Waals surface area contributed by atoms with Gasteiger partial charge in [0.2, 0.25) is 0 Å². The van der Waals surface area contributed by atoms with Gasteiger partial charge in [-0.05, 0) is 48.4 Å². The molecule has 1 unspecified atom stereocenters. The lowest BCUT2D eigenvalue weighted by atomic mass is 10.0. The standard InChI is InChI=1S/C20H17FN2O/c1-14(18-4-2-3-5-19(18)21)23-20(24)17-8-6-15(7-9-17)16-10-12-22-13-11-16/h2-14H,1H3,(H,23,24). The number of benzene rings is 2. The lowest BCUT2D eigenvalue weighted by Crippen LogP contribution is -2.27. The molecule has 1 heterocycles.